The zero-order valence-corrected chi connectivity index (χ0v) is 11.0. The van der Waals surface area contributed by atoms with E-state index in [1.165, 1.54) is 11.3 Å². The fraction of sp³-hybridized carbons (Fsp3) is 0.571. The zero-order chi connectivity index (χ0) is 12.0. The van der Waals surface area contributed by atoms with E-state index in [2.05, 4.69) is 62.2 Å². The first kappa shape index (κ1) is 13.0. The van der Waals surface area contributed by atoms with Gasteiger partial charge in [-0.05, 0) is 45.0 Å². The Kier molecular flexibility index (Phi) is 5.33. The molecular weight excluding hydrogens is 196 g/mol. The molecule has 1 unspecified atom stereocenters. The number of rotatable bonds is 6. The fourth-order valence-corrected chi connectivity index (χ4v) is 2.02. The van der Waals surface area contributed by atoms with Gasteiger partial charge < -0.3 is 10.2 Å². The molecule has 0 amide bonds. The van der Waals surface area contributed by atoms with Crippen LogP contribution in [0.1, 0.15) is 26.3 Å². The average Bonchev–Trinajstić information content (AvgIpc) is 2.27. The Hall–Kier alpha value is -1.02. The molecule has 0 fully saturated rings. The highest BCUT2D eigenvalue weighted by atomic mass is 15.2. The lowest BCUT2D eigenvalue weighted by atomic mass is 10.1. The molecule has 0 radical (unpaired) electrons. The first-order valence-electron chi connectivity index (χ1n) is 6.23. The van der Waals surface area contributed by atoms with E-state index in [0.29, 0.717) is 6.04 Å². The molecule has 1 aromatic carbocycles. The molecule has 0 heterocycles. The Morgan fingerprint density at radius 2 is 2.06 bits per heavy atom. The summed E-state index contributed by atoms with van der Waals surface area (Å²) in [5.74, 6) is 0. The maximum absolute atomic E-state index is 3.41. The van der Waals surface area contributed by atoms with Crippen LogP contribution < -0.4 is 10.2 Å². The van der Waals surface area contributed by atoms with E-state index in [1.54, 1.807) is 0 Å². The molecule has 0 aliphatic rings. The Morgan fingerprint density at radius 3 is 2.62 bits per heavy atom. The van der Waals surface area contributed by atoms with Crippen LogP contribution in [0.2, 0.25) is 0 Å². The molecule has 0 aromatic heterocycles. The molecule has 0 spiro atoms. The molecule has 1 atom stereocenters. The summed E-state index contributed by atoms with van der Waals surface area (Å²) in [6.07, 6.45) is 0. The maximum atomic E-state index is 3.41. The van der Waals surface area contributed by atoms with Crippen molar-refractivity contribution < 1.29 is 0 Å². The molecule has 0 saturated carbocycles. The SMILES string of the molecule is CCNCC(C)N(CC)c1cccc(C)c1. The monoisotopic (exact) mass is 220 g/mol. The van der Waals surface area contributed by atoms with Crippen LogP contribution >= 0.6 is 0 Å². The van der Waals surface area contributed by atoms with Crippen molar-refractivity contribution in [2.24, 2.45) is 0 Å². The molecule has 2 heteroatoms. The highest BCUT2D eigenvalue weighted by Crippen LogP contribution is 2.17. The highest BCUT2D eigenvalue weighted by molar-refractivity contribution is 5.49. The predicted molar refractivity (Wildman–Crippen MR) is 72.2 cm³/mol. The smallest absolute Gasteiger partial charge is 0.0386 e. The molecule has 1 aromatic rings. The summed E-state index contributed by atoms with van der Waals surface area (Å²) in [5, 5.41) is 3.41. The van der Waals surface area contributed by atoms with Crippen molar-refractivity contribution in [3.8, 4) is 0 Å². The van der Waals surface area contributed by atoms with Crippen LogP contribution in [0.15, 0.2) is 24.3 Å². The van der Waals surface area contributed by atoms with Crippen molar-refractivity contribution in [3.05, 3.63) is 29.8 Å². The van der Waals surface area contributed by atoms with Crippen LogP contribution in [0, 0.1) is 6.92 Å². The third kappa shape index (κ3) is 3.53. The lowest BCUT2D eigenvalue weighted by molar-refractivity contribution is 0.580. The van der Waals surface area contributed by atoms with Crippen molar-refractivity contribution in [2.75, 3.05) is 24.5 Å². The molecule has 1 N–H and O–H groups in total. The van der Waals surface area contributed by atoms with E-state index < -0.39 is 0 Å². The number of likely N-dealkylation sites (N-methyl/N-ethyl adjacent to an activating group) is 2. The Bertz CT molecular complexity index is 309. The normalized spacial score (nSPS) is 12.5. The van der Waals surface area contributed by atoms with E-state index in [0.717, 1.165) is 19.6 Å². The van der Waals surface area contributed by atoms with Gasteiger partial charge in [-0.3, -0.25) is 0 Å². The largest absolute Gasteiger partial charge is 0.368 e. The Morgan fingerprint density at radius 1 is 1.31 bits per heavy atom. The van der Waals surface area contributed by atoms with Crippen LogP contribution in [-0.2, 0) is 0 Å². The maximum Gasteiger partial charge on any atom is 0.0386 e. The number of nitrogens with one attached hydrogen (secondary N) is 1. The highest BCUT2D eigenvalue weighted by Gasteiger charge is 2.11. The molecule has 2 nitrogen and oxygen atoms in total. The van der Waals surface area contributed by atoms with Gasteiger partial charge >= 0.3 is 0 Å². The minimum absolute atomic E-state index is 0.534. The molecule has 0 saturated heterocycles. The summed E-state index contributed by atoms with van der Waals surface area (Å²) in [7, 11) is 0. The fourth-order valence-electron chi connectivity index (χ4n) is 2.02. The van der Waals surface area contributed by atoms with Gasteiger partial charge in [-0.2, -0.15) is 0 Å². The van der Waals surface area contributed by atoms with Crippen molar-refractivity contribution in [3.63, 3.8) is 0 Å². The van der Waals surface area contributed by atoms with Gasteiger partial charge in [0, 0.05) is 24.8 Å². The summed E-state index contributed by atoms with van der Waals surface area (Å²) < 4.78 is 0. The van der Waals surface area contributed by atoms with E-state index in [4.69, 9.17) is 0 Å². The molecule has 1 rings (SSSR count). The van der Waals surface area contributed by atoms with Gasteiger partial charge in [-0.1, -0.05) is 19.1 Å². The van der Waals surface area contributed by atoms with Crippen LogP contribution in [0.5, 0.6) is 0 Å². The first-order chi connectivity index (χ1) is 7.69. The molecule has 0 bridgehead atoms. The molecule has 16 heavy (non-hydrogen) atoms. The quantitative estimate of drug-likeness (QED) is 0.793. The lowest BCUT2D eigenvalue weighted by Gasteiger charge is -2.30. The second kappa shape index (κ2) is 6.54. The van der Waals surface area contributed by atoms with Gasteiger partial charge in [0.2, 0.25) is 0 Å². The van der Waals surface area contributed by atoms with Gasteiger partial charge in [-0.15, -0.1) is 0 Å². The van der Waals surface area contributed by atoms with Crippen LogP contribution in [0.25, 0.3) is 0 Å². The topological polar surface area (TPSA) is 15.3 Å². The molecule has 90 valence electrons. The first-order valence-corrected chi connectivity index (χ1v) is 6.23. The minimum Gasteiger partial charge on any atom is -0.368 e. The number of benzene rings is 1. The van der Waals surface area contributed by atoms with E-state index in [-0.39, 0.29) is 0 Å². The van der Waals surface area contributed by atoms with Crippen molar-refractivity contribution in [1.82, 2.24) is 5.32 Å². The second-order valence-electron chi connectivity index (χ2n) is 4.28. The van der Waals surface area contributed by atoms with Crippen LogP contribution in [0.4, 0.5) is 5.69 Å². The number of nitrogens with zero attached hydrogens (tertiary/aromatic N) is 1. The Labute approximate surface area is 99.7 Å². The van der Waals surface area contributed by atoms with Gasteiger partial charge in [0.05, 0.1) is 0 Å². The number of anilines is 1. The van der Waals surface area contributed by atoms with Gasteiger partial charge in [-0.25, -0.2) is 0 Å². The van der Waals surface area contributed by atoms with E-state index >= 15 is 0 Å². The van der Waals surface area contributed by atoms with Crippen LogP contribution in [0.3, 0.4) is 0 Å². The zero-order valence-electron chi connectivity index (χ0n) is 11.0. The van der Waals surface area contributed by atoms with E-state index in [1.807, 2.05) is 0 Å². The summed E-state index contributed by atoms with van der Waals surface area (Å²) in [4.78, 5) is 2.44. The standard InChI is InChI=1S/C14H24N2/c1-5-15-11-13(4)16(6-2)14-9-7-8-12(3)10-14/h7-10,13,15H,5-6,11H2,1-4H3. The van der Waals surface area contributed by atoms with Crippen molar-refractivity contribution >= 4 is 5.69 Å². The molecule has 0 aliphatic carbocycles. The minimum atomic E-state index is 0.534. The van der Waals surface area contributed by atoms with Crippen molar-refractivity contribution in [1.29, 1.82) is 0 Å². The number of aryl methyl sites for hydroxylation is 1. The third-order valence-corrected chi connectivity index (χ3v) is 2.90. The summed E-state index contributed by atoms with van der Waals surface area (Å²) in [5.41, 5.74) is 2.65. The predicted octanol–water partition coefficient (Wildman–Crippen LogP) is 2.82. The van der Waals surface area contributed by atoms with Gasteiger partial charge in [0.1, 0.15) is 0 Å². The summed E-state index contributed by atoms with van der Waals surface area (Å²) >= 11 is 0. The Balaban J connectivity index is 2.73. The van der Waals surface area contributed by atoms with E-state index in [9.17, 15) is 0 Å². The average molecular weight is 220 g/mol. The van der Waals surface area contributed by atoms with Gasteiger partial charge in [0.25, 0.3) is 0 Å². The number of hydrogen-bond donors (Lipinski definition) is 1. The summed E-state index contributed by atoms with van der Waals surface area (Å²) in [6, 6.07) is 9.26. The third-order valence-electron chi connectivity index (χ3n) is 2.90. The molecular formula is C14H24N2. The summed E-state index contributed by atoms with van der Waals surface area (Å²) in [6.45, 7) is 11.9. The van der Waals surface area contributed by atoms with Crippen LogP contribution in [-0.4, -0.2) is 25.7 Å². The second-order valence-corrected chi connectivity index (χ2v) is 4.28. The number of hydrogen-bond acceptors (Lipinski definition) is 2. The lowest BCUT2D eigenvalue weighted by Crippen LogP contribution is -2.40. The van der Waals surface area contributed by atoms with Gasteiger partial charge in [0.15, 0.2) is 0 Å². The van der Waals surface area contributed by atoms with Crippen molar-refractivity contribution in [2.45, 2.75) is 33.7 Å². The molecule has 0 aliphatic heterocycles.